The second-order valence-electron chi connectivity index (χ2n) is 20.0. The van der Waals surface area contributed by atoms with E-state index in [2.05, 4.69) is 275 Å². The summed E-state index contributed by atoms with van der Waals surface area (Å²) in [6, 6.07) is 98.2. The zero-order valence-electron chi connectivity index (χ0n) is 42.0. The third kappa shape index (κ3) is 7.15. The second kappa shape index (κ2) is 17.7. The summed E-state index contributed by atoms with van der Waals surface area (Å²) in [6.07, 6.45) is 0. The van der Waals surface area contributed by atoms with Gasteiger partial charge in [0, 0.05) is 81.9 Å². The van der Waals surface area contributed by atoms with Crippen LogP contribution in [0.1, 0.15) is 0 Å². The number of nitrogens with zero attached hydrogens (tertiary/aromatic N) is 3. The quantitative estimate of drug-likeness (QED) is 0.144. The van der Waals surface area contributed by atoms with Crippen molar-refractivity contribution in [3.05, 3.63) is 273 Å². The van der Waals surface area contributed by atoms with Crippen LogP contribution in [-0.4, -0.2) is 4.57 Å². The Morgan fingerprint density at radius 2 is 0.744 bits per heavy atom. The van der Waals surface area contributed by atoms with E-state index in [4.69, 9.17) is 8.83 Å². The van der Waals surface area contributed by atoms with Crippen molar-refractivity contribution in [3.8, 4) is 27.9 Å². The van der Waals surface area contributed by atoms with E-state index in [1.54, 1.807) is 0 Å². The summed E-state index contributed by atoms with van der Waals surface area (Å²) in [5, 5.41) is 9.36. The minimum atomic E-state index is 0.854. The number of thiophene rings is 1. The van der Waals surface area contributed by atoms with Gasteiger partial charge in [0.25, 0.3) is 0 Å². The van der Waals surface area contributed by atoms with Gasteiger partial charge in [0.05, 0.1) is 21.4 Å². The van der Waals surface area contributed by atoms with Gasteiger partial charge in [0.2, 0.25) is 0 Å². The third-order valence-electron chi connectivity index (χ3n) is 15.6. The monoisotopic (exact) mass is 1020 g/mol. The minimum Gasteiger partial charge on any atom is -0.456 e. The molecular weight excluding hydrogens is 971 g/mol. The first-order valence-corrected chi connectivity index (χ1v) is 27.2. The number of benzene rings is 12. The highest BCUT2D eigenvalue weighted by Crippen LogP contribution is 2.47. The maximum atomic E-state index is 6.59. The normalized spacial score (nSPS) is 11.8. The molecule has 0 aliphatic rings. The number of rotatable bonds is 9. The molecule has 366 valence electrons. The number of hydrogen-bond acceptors (Lipinski definition) is 5. The van der Waals surface area contributed by atoms with Crippen molar-refractivity contribution in [3.63, 3.8) is 0 Å². The van der Waals surface area contributed by atoms with Gasteiger partial charge < -0.3 is 23.2 Å². The van der Waals surface area contributed by atoms with Crippen molar-refractivity contribution < 1.29 is 8.83 Å². The number of fused-ring (bicyclic) bond motifs is 12. The molecule has 0 N–H and O–H groups in total. The molecule has 0 saturated heterocycles. The summed E-state index contributed by atoms with van der Waals surface area (Å²) in [4.78, 5) is 4.74. The Balaban J connectivity index is 0.767. The van der Waals surface area contributed by atoms with Gasteiger partial charge in [0.1, 0.15) is 22.3 Å². The topological polar surface area (TPSA) is 37.7 Å². The number of hydrogen-bond donors (Lipinski definition) is 0. The van der Waals surface area contributed by atoms with Crippen LogP contribution in [0, 0.1) is 0 Å². The Morgan fingerprint density at radius 1 is 0.282 bits per heavy atom. The number of anilines is 6. The molecule has 0 amide bonds. The van der Waals surface area contributed by atoms with Gasteiger partial charge in [-0.1, -0.05) is 140 Å². The van der Waals surface area contributed by atoms with Crippen molar-refractivity contribution >= 4 is 131 Å². The van der Waals surface area contributed by atoms with Gasteiger partial charge >= 0.3 is 0 Å². The summed E-state index contributed by atoms with van der Waals surface area (Å²) in [7, 11) is 0. The van der Waals surface area contributed by atoms with Crippen LogP contribution >= 0.6 is 11.3 Å². The third-order valence-corrected chi connectivity index (χ3v) is 16.8. The first kappa shape index (κ1) is 44.2. The minimum absolute atomic E-state index is 0.854. The lowest BCUT2D eigenvalue weighted by atomic mass is 10.00. The highest BCUT2D eigenvalue weighted by atomic mass is 32.1. The lowest BCUT2D eigenvalue weighted by molar-refractivity contribution is 0.668. The molecule has 16 aromatic rings. The van der Waals surface area contributed by atoms with E-state index in [0.717, 1.165) is 106 Å². The zero-order valence-corrected chi connectivity index (χ0v) is 42.9. The highest BCUT2D eigenvalue weighted by Gasteiger charge is 2.21. The fourth-order valence-electron chi connectivity index (χ4n) is 11.9. The molecule has 12 aromatic carbocycles. The summed E-state index contributed by atoms with van der Waals surface area (Å²) in [6.45, 7) is 0. The van der Waals surface area contributed by atoms with Gasteiger partial charge in [-0.2, -0.15) is 0 Å². The second-order valence-corrected chi connectivity index (χ2v) is 21.1. The molecule has 6 heteroatoms. The fourth-order valence-corrected chi connectivity index (χ4v) is 13.1. The lowest BCUT2D eigenvalue weighted by Crippen LogP contribution is -2.10. The van der Waals surface area contributed by atoms with Crippen LogP contribution < -0.4 is 9.80 Å². The summed E-state index contributed by atoms with van der Waals surface area (Å²) >= 11 is 1.85. The molecule has 4 aromatic heterocycles. The van der Waals surface area contributed by atoms with Crippen molar-refractivity contribution in [2.24, 2.45) is 0 Å². The average Bonchev–Trinajstić information content (AvgIpc) is 4.43. The van der Waals surface area contributed by atoms with Crippen molar-refractivity contribution in [2.45, 2.75) is 0 Å². The zero-order chi connectivity index (χ0) is 51.3. The Bertz CT molecular complexity index is 4940. The molecular formula is C72H45N3O2S. The van der Waals surface area contributed by atoms with E-state index in [0.29, 0.717) is 0 Å². The molecule has 78 heavy (non-hydrogen) atoms. The fraction of sp³-hybridized carbons (Fsp3) is 0. The van der Waals surface area contributed by atoms with Gasteiger partial charge in [-0.05, 0) is 156 Å². The first-order valence-electron chi connectivity index (χ1n) is 26.4. The van der Waals surface area contributed by atoms with Crippen LogP contribution in [0.5, 0.6) is 0 Å². The summed E-state index contributed by atoms with van der Waals surface area (Å²) in [5.41, 5.74) is 18.1. The number of aromatic nitrogens is 1. The van der Waals surface area contributed by atoms with Gasteiger partial charge in [-0.25, -0.2) is 0 Å². The Labute approximate surface area is 452 Å². The van der Waals surface area contributed by atoms with E-state index < -0.39 is 0 Å². The van der Waals surface area contributed by atoms with Crippen LogP contribution in [0.4, 0.5) is 34.1 Å². The molecule has 0 unspecified atom stereocenters. The molecule has 0 bridgehead atoms. The molecule has 16 rings (SSSR count). The molecule has 4 heterocycles. The first-order chi connectivity index (χ1) is 38.6. The largest absolute Gasteiger partial charge is 0.456 e. The maximum Gasteiger partial charge on any atom is 0.135 e. The number of furan rings is 2. The standard InChI is InChI=1S/C72H45N3O2S/c1-3-15-50(16-4-1)73(53-19-13-20-54(44-53)75-64-25-10-7-21-56(64)57-22-8-11-26-65(57)75)55-36-39-70-62(45-55)61-42-48(32-38-69(61)77-70)49-33-40-71-63(43-49)59-24-14-27-66(72(59)78-71)74(51-17-5-2-6-18-51)52-34-29-46(30-35-52)47-31-37-68-60(41-47)58-23-9-12-28-67(58)76-68/h1-45H. The highest BCUT2D eigenvalue weighted by molar-refractivity contribution is 7.26. The van der Waals surface area contributed by atoms with E-state index in [1.807, 2.05) is 23.5 Å². The van der Waals surface area contributed by atoms with Crippen LogP contribution in [0.3, 0.4) is 0 Å². The predicted molar refractivity (Wildman–Crippen MR) is 328 cm³/mol. The van der Waals surface area contributed by atoms with Crippen LogP contribution in [0.25, 0.3) is 114 Å². The average molecular weight is 1020 g/mol. The van der Waals surface area contributed by atoms with E-state index in [-0.39, 0.29) is 0 Å². The summed E-state index contributed by atoms with van der Waals surface area (Å²) in [5.74, 6) is 0. The lowest BCUT2D eigenvalue weighted by Gasteiger charge is -2.26. The van der Waals surface area contributed by atoms with E-state index in [9.17, 15) is 0 Å². The van der Waals surface area contributed by atoms with Crippen molar-refractivity contribution in [1.82, 2.24) is 4.57 Å². The van der Waals surface area contributed by atoms with Gasteiger partial charge in [-0.15, -0.1) is 11.3 Å². The van der Waals surface area contributed by atoms with Gasteiger partial charge in [0.15, 0.2) is 0 Å². The SMILES string of the molecule is c1ccc(N(c2cccc(-n3c4ccccc4c4ccccc43)c2)c2ccc3oc4ccc(-c5ccc6sc7c(N(c8ccccc8)c8ccc(-c9ccc%10oc%11ccccc%11c%10c9)cc8)cccc7c6c5)cc4c3c2)cc1. The number of para-hydroxylation sites is 5. The molecule has 0 saturated carbocycles. The molecule has 0 radical (unpaired) electrons. The molecule has 0 atom stereocenters. The Kier molecular flexibility index (Phi) is 10.0. The van der Waals surface area contributed by atoms with Crippen LogP contribution in [-0.2, 0) is 0 Å². The summed E-state index contributed by atoms with van der Waals surface area (Å²) < 4.78 is 17.6. The van der Waals surface area contributed by atoms with Crippen molar-refractivity contribution in [2.75, 3.05) is 9.80 Å². The van der Waals surface area contributed by atoms with E-state index in [1.165, 1.54) is 42.0 Å². The Hall–Kier alpha value is -10.1. The van der Waals surface area contributed by atoms with E-state index >= 15 is 0 Å². The molecule has 5 nitrogen and oxygen atoms in total. The Morgan fingerprint density at radius 3 is 1.45 bits per heavy atom. The maximum absolute atomic E-state index is 6.59. The predicted octanol–water partition coefficient (Wildman–Crippen LogP) is 21.2. The van der Waals surface area contributed by atoms with Crippen LogP contribution in [0.15, 0.2) is 282 Å². The smallest absolute Gasteiger partial charge is 0.135 e. The van der Waals surface area contributed by atoms with Gasteiger partial charge in [-0.3, -0.25) is 0 Å². The van der Waals surface area contributed by atoms with Crippen LogP contribution in [0.2, 0.25) is 0 Å². The molecule has 0 fully saturated rings. The van der Waals surface area contributed by atoms with Crippen molar-refractivity contribution in [1.29, 1.82) is 0 Å². The molecule has 0 aliphatic heterocycles. The molecule has 0 spiro atoms. The molecule has 0 aliphatic carbocycles.